The molecule has 0 spiro atoms. The van der Waals surface area contributed by atoms with Crippen LogP contribution in [0, 0.1) is 27.7 Å². The van der Waals surface area contributed by atoms with Crippen LogP contribution in [0.2, 0.25) is 0 Å². The van der Waals surface area contributed by atoms with E-state index in [2.05, 4.69) is 320 Å². The summed E-state index contributed by atoms with van der Waals surface area (Å²) in [5.74, 6) is 0. The number of nitrogens with zero attached hydrogens (tertiary/aromatic N) is 2. The number of fused-ring (bicyclic) bond motifs is 12. The van der Waals surface area contributed by atoms with Gasteiger partial charge in [-0.1, -0.05) is 198 Å². The first-order chi connectivity index (χ1) is 39.7. The van der Waals surface area contributed by atoms with E-state index in [4.69, 9.17) is 0 Å². The Labute approximate surface area is 483 Å². The molecule has 0 N–H and O–H groups in total. The summed E-state index contributed by atoms with van der Waals surface area (Å²) in [7, 11) is 0. The largest absolute Gasteiger partial charge is 0.310 e. The Morgan fingerprint density at radius 2 is 0.524 bits per heavy atom. The number of rotatable bonds is 10. The summed E-state index contributed by atoms with van der Waals surface area (Å²) in [6, 6.07) is 86.3. The Kier molecular flexibility index (Phi) is 12.1. The monoisotopic (exact) mass is 1050 g/mol. The van der Waals surface area contributed by atoms with Gasteiger partial charge in [-0.2, -0.15) is 0 Å². The summed E-state index contributed by atoms with van der Waals surface area (Å²) in [5.41, 5.74) is 27.1. The van der Waals surface area contributed by atoms with Crippen LogP contribution in [0.3, 0.4) is 0 Å². The summed E-state index contributed by atoms with van der Waals surface area (Å²) >= 11 is 0. The second-order valence-electron chi connectivity index (χ2n) is 24.2. The zero-order valence-electron chi connectivity index (χ0n) is 48.1. The van der Waals surface area contributed by atoms with E-state index in [-0.39, 0.29) is 10.8 Å². The van der Waals surface area contributed by atoms with Gasteiger partial charge < -0.3 is 9.80 Å². The fourth-order valence-corrected chi connectivity index (χ4v) is 13.5. The summed E-state index contributed by atoms with van der Waals surface area (Å²) < 4.78 is 0. The number of hydrogen-bond acceptors (Lipinski definition) is 2. The van der Waals surface area contributed by atoms with E-state index in [0.717, 1.165) is 22.7 Å². The van der Waals surface area contributed by atoms with E-state index in [1.54, 1.807) is 0 Å². The summed E-state index contributed by atoms with van der Waals surface area (Å²) in [5, 5.41) is 7.62. The molecule has 0 unspecified atom stereocenters. The quantitative estimate of drug-likeness (QED) is 0.0995. The molecule has 0 fully saturated rings. The molecule has 0 aromatic heterocycles. The average Bonchev–Trinajstić information content (AvgIpc) is 3.12. The average molecular weight is 1060 g/mol. The van der Waals surface area contributed by atoms with Gasteiger partial charge in [-0.05, 0) is 234 Å². The van der Waals surface area contributed by atoms with E-state index in [9.17, 15) is 0 Å². The van der Waals surface area contributed by atoms with Crippen molar-refractivity contribution >= 4 is 90.7 Å². The maximum Gasteiger partial charge on any atom is 0.0465 e. The zero-order valence-corrected chi connectivity index (χ0v) is 48.1. The molecule has 396 valence electrons. The van der Waals surface area contributed by atoms with Crippen LogP contribution in [-0.4, -0.2) is 0 Å². The third kappa shape index (κ3) is 8.73. The Hall–Kier alpha value is -9.50. The minimum Gasteiger partial charge on any atom is -0.310 e. The van der Waals surface area contributed by atoms with Crippen LogP contribution < -0.4 is 9.80 Å². The van der Waals surface area contributed by atoms with Gasteiger partial charge in [0.25, 0.3) is 0 Å². The van der Waals surface area contributed by atoms with Crippen LogP contribution in [0.1, 0.15) is 94.5 Å². The Bertz CT molecular complexity index is 4230. The highest BCUT2D eigenvalue weighted by Crippen LogP contribution is 2.53. The van der Waals surface area contributed by atoms with Crippen molar-refractivity contribution in [3.63, 3.8) is 0 Å². The van der Waals surface area contributed by atoms with Crippen molar-refractivity contribution in [3.05, 3.63) is 297 Å². The highest BCUT2D eigenvalue weighted by atomic mass is 15.1. The normalized spacial score (nSPS) is 13.7. The number of anilines is 6. The first-order valence-electron chi connectivity index (χ1n) is 29.0. The highest BCUT2D eigenvalue weighted by Gasteiger charge is 2.38. The van der Waals surface area contributed by atoms with Crippen LogP contribution in [0.25, 0.3) is 78.9 Å². The van der Waals surface area contributed by atoms with E-state index < -0.39 is 0 Å². The molecule has 2 heteroatoms. The minimum absolute atomic E-state index is 0.180. The zero-order chi connectivity index (χ0) is 56.0. The minimum atomic E-state index is -0.180. The standard InChI is InChI=1S/C80H66N2/c1-51-15-11-19-59(41-51)81(60-20-12-16-52(2)42-60)63-33-39-71-69-37-31-57(47-75(69)79(5,6)77(71)49-63)27-25-55-29-35-67-68-36-30-56(46-74(68)66-24-10-9-23-65(66)73(67)45-55)26-28-58-32-38-70-72-40-34-64(50-78(72)80(7,8)76(70)48-58)82(61-21-13-17-53(3)43-61)62-22-14-18-54(4)44-62/h9-50H,1-8H3. The van der Waals surface area contributed by atoms with Crippen LogP contribution in [0.5, 0.6) is 0 Å². The van der Waals surface area contributed by atoms with E-state index >= 15 is 0 Å². The Morgan fingerprint density at radius 1 is 0.244 bits per heavy atom. The smallest absolute Gasteiger partial charge is 0.0465 e. The molecule has 0 atom stereocenters. The molecule has 12 aromatic carbocycles. The first-order valence-corrected chi connectivity index (χ1v) is 29.0. The van der Waals surface area contributed by atoms with Crippen LogP contribution in [-0.2, 0) is 10.8 Å². The lowest BCUT2D eigenvalue weighted by Gasteiger charge is -2.28. The molecule has 2 nitrogen and oxygen atoms in total. The van der Waals surface area contributed by atoms with Gasteiger partial charge in [0.15, 0.2) is 0 Å². The Balaban J connectivity index is 0.733. The van der Waals surface area contributed by atoms with E-state index in [1.165, 1.54) is 133 Å². The maximum absolute atomic E-state index is 2.42. The van der Waals surface area contributed by atoms with Crippen molar-refractivity contribution in [1.82, 2.24) is 0 Å². The molecule has 2 aliphatic carbocycles. The number of hydrogen-bond donors (Lipinski definition) is 0. The van der Waals surface area contributed by atoms with Crippen LogP contribution in [0.15, 0.2) is 231 Å². The molecule has 0 heterocycles. The molecular weight excluding hydrogens is 989 g/mol. The predicted octanol–water partition coefficient (Wildman–Crippen LogP) is 22.3. The lowest BCUT2D eigenvalue weighted by atomic mass is 9.81. The van der Waals surface area contributed by atoms with Gasteiger partial charge in [0, 0.05) is 45.0 Å². The fraction of sp³-hybridized carbons (Fsp3) is 0.125. The van der Waals surface area contributed by atoms with Gasteiger partial charge in [-0.3, -0.25) is 0 Å². The van der Waals surface area contributed by atoms with Gasteiger partial charge >= 0.3 is 0 Å². The third-order valence-electron chi connectivity index (χ3n) is 17.7. The van der Waals surface area contributed by atoms with Gasteiger partial charge in [-0.15, -0.1) is 0 Å². The number of benzene rings is 12. The molecule has 0 bridgehead atoms. The summed E-state index contributed by atoms with van der Waals surface area (Å²) in [4.78, 5) is 4.80. The molecule has 0 amide bonds. The van der Waals surface area contributed by atoms with Crippen molar-refractivity contribution in [1.29, 1.82) is 0 Å². The van der Waals surface area contributed by atoms with Crippen molar-refractivity contribution in [2.75, 3.05) is 9.80 Å². The van der Waals surface area contributed by atoms with Crippen molar-refractivity contribution in [2.24, 2.45) is 0 Å². The van der Waals surface area contributed by atoms with Crippen molar-refractivity contribution < 1.29 is 0 Å². The maximum atomic E-state index is 2.42. The molecule has 12 aromatic rings. The summed E-state index contributed by atoms with van der Waals surface area (Å²) in [6.07, 6.45) is 9.14. The van der Waals surface area contributed by atoms with Crippen molar-refractivity contribution in [2.45, 2.75) is 66.2 Å². The molecule has 0 radical (unpaired) electrons. The number of aryl methyl sites for hydroxylation is 4. The topological polar surface area (TPSA) is 6.48 Å². The van der Waals surface area contributed by atoms with Gasteiger partial charge in [0.05, 0.1) is 0 Å². The lowest BCUT2D eigenvalue weighted by molar-refractivity contribution is 0.660. The van der Waals surface area contributed by atoms with Crippen molar-refractivity contribution in [3.8, 4) is 22.3 Å². The molecule has 0 aliphatic heterocycles. The molecule has 2 aliphatic rings. The summed E-state index contributed by atoms with van der Waals surface area (Å²) in [6.45, 7) is 18.2. The van der Waals surface area contributed by atoms with Crippen LogP contribution in [0.4, 0.5) is 34.1 Å². The predicted molar refractivity (Wildman–Crippen MR) is 353 cm³/mol. The second kappa shape index (κ2) is 19.6. The Morgan fingerprint density at radius 3 is 0.866 bits per heavy atom. The SMILES string of the molecule is Cc1cccc(N(c2cccc(C)c2)c2ccc3c(c2)C(C)(C)c2cc(C=Cc4ccc5c6ccc(C=Cc7ccc8c(c7)C(C)(C)c7cc(N(c9cccc(C)c9)c9cccc(C)c9)ccc7-8)cc6c6ccccc6c5c4)ccc2-3)c1. The van der Waals surface area contributed by atoms with Gasteiger partial charge in [-0.25, -0.2) is 0 Å². The second-order valence-corrected chi connectivity index (χ2v) is 24.2. The lowest BCUT2D eigenvalue weighted by Crippen LogP contribution is -2.16. The van der Waals surface area contributed by atoms with E-state index in [0.29, 0.717) is 0 Å². The molecule has 82 heavy (non-hydrogen) atoms. The molecule has 0 saturated carbocycles. The molecule has 0 saturated heterocycles. The van der Waals surface area contributed by atoms with E-state index in [1.807, 2.05) is 0 Å². The van der Waals surface area contributed by atoms with Crippen LogP contribution >= 0.6 is 0 Å². The first kappa shape index (κ1) is 50.7. The highest BCUT2D eigenvalue weighted by molar-refractivity contribution is 6.26. The van der Waals surface area contributed by atoms with Gasteiger partial charge in [0.2, 0.25) is 0 Å². The third-order valence-corrected chi connectivity index (χ3v) is 17.7. The fourth-order valence-electron chi connectivity index (χ4n) is 13.5. The molecular formula is C80H66N2. The molecule has 14 rings (SSSR count). The van der Waals surface area contributed by atoms with Gasteiger partial charge in [0.1, 0.15) is 0 Å².